The predicted octanol–water partition coefficient (Wildman–Crippen LogP) is 3.60. The molecule has 110 valence electrons. The Morgan fingerprint density at radius 3 is 2.95 bits per heavy atom. The molecule has 1 atom stereocenters. The molecule has 6 heteroatoms. The molecular weight excluding hydrogens is 339 g/mol. The van der Waals surface area contributed by atoms with Crippen molar-refractivity contribution in [1.82, 2.24) is 9.78 Å². The summed E-state index contributed by atoms with van der Waals surface area (Å²) in [4.78, 5) is 11.4. The summed E-state index contributed by atoms with van der Waals surface area (Å²) in [5, 5.41) is 13.5. The van der Waals surface area contributed by atoms with Crippen molar-refractivity contribution in [3.05, 3.63) is 45.4 Å². The number of halogens is 2. The molecule has 1 N–H and O–H groups in total. The second-order valence-corrected chi connectivity index (χ2v) is 6.35. The third-order valence-corrected chi connectivity index (χ3v) is 4.35. The number of carboxylic acids is 1. The highest BCUT2D eigenvalue weighted by Gasteiger charge is 2.28. The molecule has 0 saturated carbocycles. The molecule has 1 aromatic carbocycles. The lowest BCUT2D eigenvalue weighted by molar-refractivity contribution is 0.0688. The Kier molecular flexibility index (Phi) is 3.57. The summed E-state index contributed by atoms with van der Waals surface area (Å²) in [5.74, 6) is -1.06. The molecule has 0 amide bonds. The van der Waals surface area contributed by atoms with Gasteiger partial charge in [-0.25, -0.2) is 13.9 Å². The number of fused-ring (bicyclic) bond motifs is 1. The molecule has 21 heavy (non-hydrogen) atoms. The highest BCUT2D eigenvalue weighted by molar-refractivity contribution is 9.10. The topological polar surface area (TPSA) is 55.1 Å². The van der Waals surface area contributed by atoms with E-state index in [0.717, 1.165) is 17.7 Å². The first kappa shape index (κ1) is 14.3. The van der Waals surface area contributed by atoms with E-state index in [1.165, 1.54) is 10.7 Å². The van der Waals surface area contributed by atoms with Crippen molar-refractivity contribution in [2.75, 3.05) is 0 Å². The fourth-order valence-electron chi connectivity index (χ4n) is 2.81. The van der Waals surface area contributed by atoms with Crippen LogP contribution in [0.2, 0.25) is 0 Å². The Labute approximate surface area is 129 Å². The van der Waals surface area contributed by atoms with Crippen LogP contribution >= 0.6 is 15.9 Å². The van der Waals surface area contributed by atoms with Crippen molar-refractivity contribution >= 4 is 21.9 Å². The van der Waals surface area contributed by atoms with Gasteiger partial charge in [0.15, 0.2) is 5.69 Å². The summed E-state index contributed by atoms with van der Waals surface area (Å²) in [5.41, 5.74) is 1.88. The number of benzene rings is 1. The lowest BCUT2D eigenvalue weighted by Gasteiger charge is -2.19. The fourth-order valence-corrected chi connectivity index (χ4v) is 3.15. The predicted molar refractivity (Wildman–Crippen MR) is 79.4 cm³/mol. The van der Waals surface area contributed by atoms with E-state index in [-0.39, 0.29) is 11.4 Å². The van der Waals surface area contributed by atoms with Crippen molar-refractivity contribution in [3.63, 3.8) is 0 Å². The van der Waals surface area contributed by atoms with Crippen LogP contribution < -0.4 is 0 Å². The maximum absolute atomic E-state index is 14.2. The maximum atomic E-state index is 14.2. The van der Waals surface area contributed by atoms with Crippen LogP contribution in [0.1, 0.15) is 35.1 Å². The number of nitrogens with zero attached hydrogens (tertiary/aromatic N) is 2. The summed E-state index contributed by atoms with van der Waals surface area (Å²) in [6.45, 7) is 2.09. The van der Waals surface area contributed by atoms with Gasteiger partial charge >= 0.3 is 5.97 Å². The van der Waals surface area contributed by atoms with Crippen molar-refractivity contribution in [3.8, 4) is 5.69 Å². The van der Waals surface area contributed by atoms with E-state index in [1.807, 2.05) is 0 Å². The Balaban J connectivity index is 2.19. The van der Waals surface area contributed by atoms with E-state index < -0.39 is 11.8 Å². The number of hydrogen-bond acceptors (Lipinski definition) is 2. The minimum absolute atomic E-state index is 0.0406. The minimum Gasteiger partial charge on any atom is -0.476 e. The van der Waals surface area contributed by atoms with Crippen LogP contribution in [-0.4, -0.2) is 20.9 Å². The smallest absolute Gasteiger partial charge is 0.356 e. The fraction of sp³-hybridized carbons (Fsp3) is 0.333. The summed E-state index contributed by atoms with van der Waals surface area (Å²) in [7, 11) is 0. The molecule has 0 saturated heterocycles. The zero-order chi connectivity index (χ0) is 15.1. The van der Waals surface area contributed by atoms with Gasteiger partial charge in [-0.1, -0.05) is 22.9 Å². The normalized spacial score (nSPS) is 17.6. The van der Waals surface area contributed by atoms with E-state index in [1.54, 1.807) is 12.1 Å². The summed E-state index contributed by atoms with van der Waals surface area (Å²) in [6.07, 6.45) is 2.34. The first-order valence-electron chi connectivity index (χ1n) is 6.77. The third kappa shape index (κ3) is 2.48. The van der Waals surface area contributed by atoms with Crippen LogP contribution in [0.15, 0.2) is 22.7 Å². The molecule has 1 aliphatic rings. The maximum Gasteiger partial charge on any atom is 0.356 e. The number of aromatic nitrogens is 2. The first-order chi connectivity index (χ1) is 9.97. The average Bonchev–Trinajstić information content (AvgIpc) is 2.77. The highest BCUT2D eigenvalue weighted by atomic mass is 79.9. The van der Waals surface area contributed by atoms with Gasteiger partial charge in [-0.3, -0.25) is 0 Å². The van der Waals surface area contributed by atoms with Crippen LogP contribution in [0.5, 0.6) is 0 Å². The Morgan fingerprint density at radius 2 is 2.29 bits per heavy atom. The van der Waals surface area contributed by atoms with Crippen LogP contribution in [0.3, 0.4) is 0 Å². The van der Waals surface area contributed by atoms with Gasteiger partial charge in [0.1, 0.15) is 11.5 Å². The van der Waals surface area contributed by atoms with Gasteiger partial charge in [0.25, 0.3) is 0 Å². The van der Waals surface area contributed by atoms with Crippen molar-refractivity contribution in [2.45, 2.75) is 26.2 Å². The largest absolute Gasteiger partial charge is 0.476 e. The molecule has 4 nitrogen and oxygen atoms in total. The molecule has 0 radical (unpaired) electrons. The van der Waals surface area contributed by atoms with Crippen LogP contribution in [0, 0.1) is 11.7 Å². The van der Waals surface area contributed by atoms with E-state index in [2.05, 4.69) is 28.0 Å². The minimum atomic E-state index is -1.06. The van der Waals surface area contributed by atoms with Crippen molar-refractivity contribution < 1.29 is 14.3 Å². The van der Waals surface area contributed by atoms with Crippen molar-refractivity contribution in [1.29, 1.82) is 0 Å². The monoisotopic (exact) mass is 352 g/mol. The van der Waals surface area contributed by atoms with Gasteiger partial charge in [0.2, 0.25) is 0 Å². The van der Waals surface area contributed by atoms with E-state index in [4.69, 9.17) is 0 Å². The zero-order valence-corrected chi connectivity index (χ0v) is 13.0. The molecule has 1 aromatic heterocycles. The SMILES string of the molecule is CC1CCc2c(c(C(=O)O)nn2-c2ccc(Br)cc2F)C1. The molecule has 1 aliphatic carbocycles. The number of hydrogen-bond donors (Lipinski definition) is 1. The molecule has 0 fully saturated rings. The molecule has 0 bridgehead atoms. The average molecular weight is 353 g/mol. The van der Waals surface area contributed by atoms with Crippen LogP contribution in [0.4, 0.5) is 4.39 Å². The lowest BCUT2D eigenvalue weighted by Crippen LogP contribution is -2.15. The summed E-state index contributed by atoms with van der Waals surface area (Å²) >= 11 is 3.22. The summed E-state index contributed by atoms with van der Waals surface area (Å²) in [6, 6.07) is 4.68. The third-order valence-electron chi connectivity index (χ3n) is 3.86. The number of rotatable bonds is 2. The zero-order valence-electron chi connectivity index (χ0n) is 11.4. The molecule has 3 rings (SSSR count). The highest BCUT2D eigenvalue weighted by Crippen LogP contribution is 2.31. The molecule has 0 spiro atoms. The standard InChI is InChI=1S/C15H14BrFN2O2/c1-8-2-4-12-10(6-8)14(15(20)21)18-19(12)13-5-3-9(16)7-11(13)17/h3,5,7-8H,2,4,6H2,1H3,(H,20,21). The summed E-state index contributed by atoms with van der Waals surface area (Å²) < 4.78 is 16.2. The Bertz CT molecular complexity index is 727. The van der Waals surface area contributed by atoms with Crippen LogP contribution in [-0.2, 0) is 12.8 Å². The van der Waals surface area contributed by atoms with Gasteiger partial charge in [-0.2, -0.15) is 5.10 Å². The first-order valence-corrected chi connectivity index (χ1v) is 7.56. The molecular formula is C15H14BrFN2O2. The second-order valence-electron chi connectivity index (χ2n) is 5.43. The Morgan fingerprint density at radius 1 is 1.52 bits per heavy atom. The van der Waals surface area contributed by atoms with Gasteiger partial charge < -0.3 is 5.11 Å². The molecule has 1 unspecified atom stereocenters. The van der Waals surface area contributed by atoms with Crippen LogP contribution in [0.25, 0.3) is 5.69 Å². The second kappa shape index (κ2) is 5.26. The molecule has 2 aromatic rings. The van der Waals surface area contributed by atoms with E-state index in [0.29, 0.717) is 23.2 Å². The van der Waals surface area contributed by atoms with Crippen molar-refractivity contribution in [2.24, 2.45) is 5.92 Å². The van der Waals surface area contributed by atoms with E-state index >= 15 is 0 Å². The quantitative estimate of drug-likeness (QED) is 0.898. The van der Waals surface area contributed by atoms with Gasteiger partial charge in [-0.15, -0.1) is 0 Å². The molecule has 1 heterocycles. The van der Waals surface area contributed by atoms with Gasteiger partial charge in [0.05, 0.1) is 0 Å². The number of aromatic carboxylic acids is 1. The van der Waals surface area contributed by atoms with Gasteiger partial charge in [-0.05, 0) is 43.4 Å². The molecule has 0 aliphatic heterocycles. The lowest BCUT2D eigenvalue weighted by atomic mass is 9.87. The van der Waals surface area contributed by atoms with E-state index in [9.17, 15) is 14.3 Å². The number of carbonyl (C=O) groups is 1. The Hall–Kier alpha value is -1.69. The number of carboxylic acid groups (broad SMARTS) is 1. The van der Waals surface area contributed by atoms with Gasteiger partial charge in [0, 0.05) is 15.7 Å².